The summed E-state index contributed by atoms with van der Waals surface area (Å²) in [5.74, 6) is 2.04. The molecule has 0 radical (unpaired) electrons. The molecule has 164 valence electrons. The van der Waals surface area contributed by atoms with Crippen LogP contribution in [-0.2, 0) is 6.42 Å². The molecule has 0 aliphatic rings. The first kappa shape index (κ1) is 24.0. The molecule has 0 heterocycles. The summed E-state index contributed by atoms with van der Waals surface area (Å²) in [6.45, 7) is 15.8. The fourth-order valence-electron chi connectivity index (χ4n) is 2.92. The molecule has 0 aliphatic carbocycles. The third kappa shape index (κ3) is 7.49. The summed E-state index contributed by atoms with van der Waals surface area (Å²) in [4.78, 5) is 12.7. The average Bonchev–Trinajstić information content (AvgIpc) is 2.72. The number of ether oxygens (including phenoxy) is 3. The van der Waals surface area contributed by atoms with Crippen LogP contribution in [0.3, 0.4) is 0 Å². The molecule has 0 atom stereocenters. The number of allylic oxidation sites excluding steroid dienone is 2. The van der Waals surface area contributed by atoms with E-state index in [0.717, 1.165) is 16.9 Å². The van der Waals surface area contributed by atoms with Crippen LogP contribution in [0.25, 0.3) is 6.08 Å². The van der Waals surface area contributed by atoms with E-state index >= 15 is 0 Å². The smallest absolute Gasteiger partial charge is 0.185 e. The first-order chi connectivity index (χ1) is 14.8. The van der Waals surface area contributed by atoms with Crippen LogP contribution >= 0.6 is 0 Å². The van der Waals surface area contributed by atoms with Gasteiger partial charge < -0.3 is 14.2 Å². The van der Waals surface area contributed by atoms with Gasteiger partial charge in [-0.3, -0.25) is 4.79 Å². The minimum absolute atomic E-state index is 0.0110. The van der Waals surface area contributed by atoms with Gasteiger partial charge in [0.15, 0.2) is 5.78 Å². The van der Waals surface area contributed by atoms with E-state index in [0.29, 0.717) is 30.1 Å². The van der Waals surface area contributed by atoms with Crippen molar-refractivity contribution in [2.45, 2.75) is 46.3 Å². The maximum absolute atomic E-state index is 12.7. The summed E-state index contributed by atoms with van der Waals surface area (Å²) in [6.07, 6.45) is 7.54. The number of ketones is 1. The zero-order valence-electron chi connectivity index (χ0n) is 18.9. The summed E-state index contributed by atoms with van der Waals surface area (Å²) < 4.78 is 17.4. The van der Waals surface area contributed by atoms with Crippen LogP contribution in [0.1, 0.15) is 49.2 Å². The van der Waals surface area contributed by atoms with E-state index in [1.165, 1.54) is 0 Å². The summed E-state index contributed by atoms with van der Waals surface area (Å²) in [6, 6.07) is 10.9. The Morgan fingerprint density at radius 3 is 2.16 bits per heavy atom. The molecule has 0 saturated heterocycles. The molecule has 0 spiro atoms. The standard InChI is InChI=1S/C27H32O4/c1-7-9-22-17-23(27(31-20(5)6)18-26(22)30-19(3)4)12-15-25(28)21-10-13-24(14-11-21)29-16-8-2/h7-8,10-15,17-20H,1-2,9,16H2,3-6H3/b15-12+. The lowest BCUT2D eigenvalue weighted by Crippen LogP contribution is -2.10. The quantitative estimate of drug-likeness (QED) is 0.225. The Bertz CT molecular complexity index is 921. The van der Waals surface area contributed by atoms with Gasteiger partial charge in [-0.2, -0.15) is 0 Å². The first-order valence-corrected chi connectivity index (χ1v) is 10.5. The summed E-state index contributed by atoms with van der Waals surface area (Å²) in [5.41, 5.74) is 2.40. The minimum atomic E-state index is -0.0986. The lowest BCUT2D eigenvalue weighted by Gasteiger charge is -2.19. The van der Waals surface area contributed by atoms with Crippen LogP contribution in [0.5, 0.6) is 17.2 Å². The largest absolute Gasteiger partial charge is 0.491 e. The van der Waals surface area contributed by atoms with Gasteiger partial charge in [0.25, 0.3) is 0 Å². The van der Waals surface area contributed by atoms with Gasteiger partial charge in [0.2, 0.25) is 0 Å². The maximum atomic E-state index is 12.7. The third-order valence-corrected chi connectivity index (χ3v) is 4.20. The van der Waals surface area contributed by atoms with Gasteiger partial charge in [-0.1, -0.05) is 18.7 Å². The average molecular weight is 421 g/mol. The van der Waals surface area contributed by atoms with E-state index < -0.39 is 0 Å². The SMILES string of the molecule is C=CCOc1ccc(C(=O)/C=C/c2cc(CC=C)c(OC(C)C)cc2OC(C)C)cc1. The highest BCUT2D eigenvalue weighted by atomic mass is 16.5. The molecule has 4 heteroatoms. The molecule has 0 bridgehead atoms. The molecule has 2 aromatic rings. The van der Waals surface area contributed by atoms with Crippen molar-refractivity contribution in [3.05, 3.63) is 84.5 Å². The number of carbonyl (C=O) groups excluding carboxylic acids is 1. The van der Waals surface area contributed by atoms with E-state index in [9.17, 15) is 4.79 Å². The Morgan fingerprint density at radius 1 is 0.935 bits per heavy atom. The predicted molar refractivity (Wildman–Crippen MR) is 127 cm³/mol. The van der Waals surface area contributed by atoms with E-state index in [1.807, 2.05) is 45.9 Å². The Hall–Kier alpha value is -3.27. The highest BCUT2D eigenvalue weighted by Gasteiger charge is 2.13. The van der Waals surface area contributed by atoms with E-state index in [2.05, 4.69) is 13.2 Å². The second kappa shape index (κ2) is 11.8. The summed E-state index contributed by atoms with van der Waals surface area (Å²) in [7, 11) is 0. The van der Waals surface area contributed by atoms with E-state index in [-0.39, 0.29) is 18.0 Å². The van der Waals surface area contributed by atoms with Crippen molar-refractivity contribution >= 4 is 11.9 Å². The first-order valence-electron chi connectivity index (χ1n) is 10.5. The van der Waals surface area contributed by atoms with Gasteiger partial charge in [0.05, 0.1) is 12.2 Å². The van der Waals surface area contributed by atoms with E-state index in [4.69, 9.17) is 14.2 Å². The number of hydrogen-bond donors (Lipinski definition) is 0. The highest BCUT2D eigenvalue weighted by Crippen LogP contribution is 2.32. The molecule has 0 amide bonds. The van der Waals surface area contributed by atoms with Crippen molar-refractivity contribution in [3.8, 4) is 17.2 Å². The van der Waals surface area contributed by atoms with Crippen molar-refractivity contribution in [2.75, 3.05) is 6.61 Å². The van der Waals surface area contributed by atoms with Crippen LogP contribution in [0, 0.1) is 0 Å². The Labute approximate surface area is 185 Å². The van der Waals surface area contributed by atoms with Gasteiger partial charge in [0, 0.05) is 17.2 Å². The Balaban J connectivity index is 2.32. The van der Waals surface area contributed by atoms with Crippen molar-refractivity contribution in [2.24, 2.45) is 0 Å². The fraction of sp³-hybridized carbons (Fsp3) is 0.296. The molecule has 0 aromatic heterocycles. The monoisotopic (exact) mass is 420 g/mol. The molecule has 4 nitrogen and oxygen atoms in total. The lowest BCUT2D eigenvalue weighted by atomic mass is 10.0. The predicted octanol–water partition coefficient (Wildman–Crippen LogP) is 6.45. The van der Waals surface area contributed by atoms with Crippen molar-refractivity contribution in [1.82, 2.24) is 0 Å². The molecule has 0 N–H and O–H groups in total. The molecule has 31 heavy (non-hydrogen) atoms. The summed E-state index contributed by atoms with van der Waals surface area (Å²) >= 11 is 0. The van der Waals surface area contributed by atoms with Crippen LogP contribution in [0.4, 0.5) is 0 Å². The van der Waals surface area contributed by atoms with Gasteiger partial charge >= 0.3 is 0 Å². The molecule has 0 saturated carbocycles. The number of rotatable bonds is 12. The number of benzene rings is 2. The summed E-state index contributed by atoms with van der Waals surface area (Å²) in [5, 5.41) is 0. The third-order valence-electron chi connectivity index (χ3n) is 4.20. The number of carbonyl (C=O) groups is 1. The van der Waals surface area contributed by atoms with E-state index in [1.54, 1.807) is 42.5 Å². The van der Waals surface area contributed by atoms with Crippen molar-refractivity contribution < 1.29 is 19.0 Å². The van der Waals surface area contributed by atoms with Gasteiger partial charge in [0.1, 0.15) is 23.9 Å². The topological polar surface area (TPSA) is 44.8 Å². The molecular weight excluding hydrogens is 388 g/mol. The molecule has 0 unspecified atom stereocenters. The van der Waals surface area contributed by atoms with Crippen LogP contribution in [0.2, 0.25) is 0 Å². The molecule has 0 aliphatic heterocycles. The van der Waals surface area contributed by atoms with Crippen molar-refractivity contribution in [1.29, 1.82) is 0 Å². The molecule has 2 aromatic carbocycles. The second-order valence-corrected chi connectivity index (χ2v) is 7.65. The maximum Gasteiger partial charge on any atom is 0.185 e. The van der Waals surface area contributed by atoms with Crippen molar-refractivity contribution in [3.63, 3.8) is 0 Å². The van der Waals surface area contributed by atoms with Crippen LogP contribution < -0.4 is 14.2 Å². The lowest BCUT2D eigenvalue weighted by molar-refractivity contribution is 0.104. The highest BCUT2D eigenvalue weighted by molar-refractivity contribution is 6.07. The van der Waals surface area contributed by atoms with Gasteiger partial charge in [-0.25, -0.2) is 0 Å². The molecule has 2 rings (SSSR count). The molecular formula is C27H32O4. The Morgan fingerprint density at radius 2 is 1.58 bits per heavy atom. The van der Waals surface area contributed by atoms with Gasteiger partial charge in [-0.15, -0.1) is 6.58 Å². The minimum Gasteiger partial charge on any atom is -0.491 e. The zero-order valence-corrected chi connectivity index (χ0v) is 18.9. The fourth-order valence-corrected chi connectivity index (χ4v) is 2.92. The van der Waals surface area contributed by atoms with Gasteiger partial charge in [-0.05, 0) is 82.2 Å². The normalized spacial score (nSPS) is 11.0. The molecule has 0 fully saturated rings. The Kier molecular flexibility index (Phi) is 9.13. The zero-order chi connectivity index (χ0) is 22.8. The van der Waals surface area contributed by atoms with Crippen LogP contribution in [-0.4, -0.2) is 24.6 Å². The second-order valence-electron chi connectivity index (χ2n) is 7.65. The number of hydrogen-bond acceptors (Lipinski definition) is 4. The van der Waals surface area contributed by atoms with Crippen LogP contribution in [0.15, 0.2) is 67.8 Å².